The van der Waals surface area contributed by atoms with Crippen LogP contribution in [0.3, 0.4) is 0 Å². The molecular formula is C12H17NO2. The molecule has 3 heteroatoms. The van der Waals surface area contributed by atoms with Gasteiger partial charge in [0, 0.05) is 12.3 Å². The summed E-state index contributed by atoms with van der Waals surface area (Å²) in [7, 11) is 0. The molecule has 0 fully saturated rings. The minimum Gasteiger partial charge on any atom is -0.378 e. The summed E-state index contributed by atoms with van der Waals surface area (Å²) in [5, 5.41) is 2.81. The molecule has 0 spiro atoms. The fourth-order valence-corrected chi connectivity index (χ4v) is 1.34. The quantitative estimate of drug-likeness (QED) is 0.805. The number of hydrogen-bond acceptors (Lipinski definition) is 2. The van der Waals surface area contributed by atoms with E-state index in [2.05, 4.69) is 5.32 Å². The van der Waals surface area contributed by atoms with Crippen molar-refractivity contribution in [2.45, 2.75) is 26.4 Å². The van der Waals surface area contributed by atoms with E-state index in [4.69, 9.17) is 4.74 Å². The lowest BCUT2D eigenvalue weighted by molar-refractivity contribution is -0.118. The molecule has 1 atom stereocenters. The average Bonchev–Trinajstić information content (AvgIpc) is 2.19. The summed E-state index contributed by atoms with van der Waals surface area (Å²) in [5.41, 5.74) is 0.825. The highest BCUT2D eigenvalue weighted by atomic mass is 16.5. The molecule has 0 saturated carbocycles. The SMILES string of the molecule is CCO[C@@H](C)CC(=O)Nc1ccccc1. The van der Waals surface area contributed by atoms with E-state index in [0.717, 1.165) is 5.69 Å². The molecule has 0 aliphatic carbocycles. The summed E-state index contributed by atoms with van der Waals surface area (Å²) in [4.78, 5) is 11.5. The second kappa shape index (κ2) is 6.19. The molecule has 1 rings (SSSR count). The minimum atomic E-state index is -0.0290. The third-order valence-corrected chi connectivity index (χ3v) is 1.98. The molecule has 15 heavy (non-hydrogen) atoms. The van der Waals surface area contributed by atoms with Crippen molar-refractivity contribution in [1.82, 2.24) is 0 Å². The Balaban J connectivity index is 2.36. The molecule has 0 aliphatic rings. The number of rotatable bonds is 5. The summed E-state index contributed by atoms with van der Waals surface area (Å²) in [6.45, 7) is 4.46. The maximum Gasteiger partial charge on any atom is 0.226 e. The predicted octanol–water partition coefficient (Wildman–Crippen LogP) is 2.44. The van der Waals surface area contributed by atoms with Crippen molar-refractivity contribution in [1.29, 1.82) is 0 Å². The molecule has 0 aliphatic heterocycles. The highest BCUT2D eigenvalue weighted by molar-refractivity contribution is 5.90. The minimum absolute atomic E-state index is 0.0119. The summed E-state index contributed by atoms with van der Waals surface area (Å²) >= 11 is 0. The first-order valence-corrected chi connectivity index (χ1v) is 5.19. The van der Waals surface area contributed by atoms with Crippen LogP contribution in [0.4, 0.5) is 5.69 Å². The first-order chi connectivity index (χ1) is 7.22. The maximum absolute atomic E-state index is 11.5. The van der Waals surface area contributed by atoms with Gasteiger partial charge in [-0.3, -0.25) is 4.79 Å². The van der Waals surface area contributed by atoms with Crippen molar-refractivity contribution >= 4 is 11.6 Å². The smallest absolute Gasteiger partial charge is 0.226 e. The lowest BCUT2D eigenvalue weighted by Crippen LogP contribution is -2.19. The molecule has 0 saturated heterocycles. The van der Waals surface area contributed by atoms with Crippen LogP contribution >= 0.6 is 0 Å². The molecule has 0 radical (unpaired) electrons. The van der Waals surface area contributed by atoms with Gasteiger partial charge in [0.05, 0.1) is 12.5 Å². The fourth-order valence-electron chi connectivity index (χ4n) is 1.34. The van der Waals surface area contributed by atoms with Crippen molar-refractivity contribution in [3.63, 3.8) is 0 Å². The molecule has 1 amide bonds. The molecule has 1 N–H and O–H groups in total. The zero-order valence-corrected chi connectivity index (χ0v) is 9.19. The van der Waals surface area contributed by atoms with Gasteiger partial charge in [-0.15, -0.1) is 0 Å². The number of amides is 1. The van der Waals surface area contributed by atoms with Crippen LogP contribution in [0.25, 0.3) is 0 Å². The first kappa shape index (κ1) is 11.7. The van der Waals surface area contributed by atoms with E-state index in [-0.39, 0.29) is 12.0 Å². The standard InChI is InChI=1S/C12H17NO2/c1-3-15-10(2)9-12(14)13-11-7-5-4-6-8-11/h4-8,10H,3,9H2,1-2H3,(H,13,14)/t10-/m0/s1. The largest absolute Gasteiger partial charge is 0.378 e. The Morgan fingerprint density at radius 3 is 2.67 bits per heavy atom. The Kier molecular flexibility index (Phi) is 4.84. The Bertz CT molecular complexity index is 298. The third kappa shape index (κ3) is 4.61. The molecule has 0 unspecified atom stereocenters. The van der Waals surface area contributed by atoms with Crippen molar-refractivity contribution in [3.05, 3.63) is 30.3 Å². The van der Waals surface area contributed by atoms with Crippen LogP contribution in [0.15, 0.2) is 30.3 Å². The maximum atomic E-state index is 11.5. The lowest BCUT2D eigenvalue weighted by atomic mass is 10.2. The summed E-state index contributed by atoms with van der Waals surface area (Å²) in [5.74, 6) is -0.0119. The number of carbonyl (C=O) groups excluding carboxylic acids is 1. The van der Waals surface area contributed by atoms with E-state index < -0.39 is 0 Å². The van der Waals surface area contributed by atoms with Crippen LogP contribution in [0.1, 0.15) is 20.3 Å². The lowest BCUT2D eigenvalue weighted by Gasteiger charge is -2.11. The van der Waals surface area contributed by atoms with Crippen molar-refractivity contribution in [3.8, 4) is 0 Å². The molecule has 82 valence electrons. The van der Waals surface area contributed by atoms with Gasteiger partial charge >= 0.3 is 0 Å². The predicted molar refractivity (Wildman–Crippen MR) is 60.8 cm³/mol. The monoisotopic (exact) mass is 207 g/mol. The highest BCUT2D eigenvalue weighted by Gasteiger charge is 2.08. The molecular weight excluding hydrogens is 190 g/mol. The van der Waals surface area contributed by atoms with Gasteiger partial charge < -0.3 is 10.1 Å². The molecule has 0 aromatic heterocycles. The van der Waals surface area contributed by atoms with Gasteiger partial charge in [-0.1, -0.05) is 18.2 Å². The third-order valence-electron chi connectivity index (χ3n) is 1.98. The van der Waals surface area contributed by atoms with Crippen LogP contribution in [0.2, 0.25) is 0 Å². The number of hydrogen-bond donors (Lipinski definition) is 1. The Morgan fingerprint density at radius 2 is 2.07 bits per heavy atom. The number of benzene rings is 1. The molecule has 1 aromatic rings. The van der Waals surface area contributed by atoms with Gasteiger partial charge in [0.1, 0.15) is 0 Å². The normalized spacial score (nSPS) is 12.1. The van der Waals surface area contributed by atoms with Gasteiger partial charge in [0.25, 0.3) is 0 Å². The van der Waals surface area contributed by atoms with Gasteiger partial charge in [-0.25, -0.2) is 0 Å². The molecule has 0 bridgehead atoms. The molecule has 0 heterocycles. The fraction of sp³-hybridized carbons (Fsp3) is 0.417. The van der Waals surface area contributed by atoms with E-state index >= 15 is 0 Å². The number of ether oxygens (including phenoxy) is 1. The number of para-hydroxylation sites is 1. The molecule has 3 nitrogen and oxygen atoms in total. The van der Waals surface area contributed by atoms with Crippen molar-refractivity contribution in [2.24, 2.45) is 0 Å². The Morgan fingerprint density at radius 1 is 1.40 bits per heavy atom. The van der Waals surface area contributed by atoms with E-state index in [1.165, 1.54) is 0 Å². The topological polar surface area (TPSA) is 38.3 Å². The van der Waals surface area contributed by atoms with Crippen LogP contribution in [-0.2, 0) is 9.53 Å². The second-order valence-electron chi connectivity index (χ2n) is 3.38. The van der Waals surface area contributed by atoms with Crippen LogP contribution in [0, 0.1) is 0 Å². The van der Waals surface area contributed by atoms with E-state index in [1.807, 2.05) is 44.2 Å². The Labute approximate surface area is 90.4 Å². The van der Waals surface area contributed by atoms with Gasteiger partial charge in [0.15, 0.2) is 0 Å². The van der Waals surface area contributed by atoms with Gasteiger partial charge in [0.2, 0.25) is 5.91 Å². The van der Waals surface area contributed by atoms with Crippen LogP contribution in [0.5, 0.6) is 0 Å². The summed E-state index contributed by atoms with van der Waals surface area (Å²) in [6, 6.07) is 9.42. The number of anilines is 1. The first-order valence-electron chi connectivity index (χ1n) is 5.19. The number of nitrogens with one attached hydrogen (secondary N) is 1. The average molecular weight is 207 g/mol. The van der Waals surface area contributed by atoms with Crippen LogP contribution < -0.4 is 5.32 Å². The van der Waals surface area contributed by atoms with Gasteiger partial charge in [-0.05, 0) is 26.0 Å². The van der Waals surface area contributed by atoms with Crippen molar-refractivity contribution in [2.75, 3.05) is 11.9 Å². The zero-order chi connectivity index (χ0) is 11.1. The van der Waals surface area contributed by atoms with E-state index in [0.29, 0.717) is 13.0 Å². The van der Waals surface area contributed by atoms with Crippen LogP contribution in [-0.4, -0.2) is 18.6 Å². The highest BCUT2D eigenvalue weighted by Crippen LogP contribution is 2.06. The zero-order valence-electron chi connectivity index (χ0n) is 9.19. The molecule has 1 aromatic carbocycles. The summed E-state index contributed by atoms with van der Waals surface area (Å²) in [6.07, 6.45) is 0.363. The summed E-state index contributed by atoms with van der Waals surface area (Å²) < 4.78 is 5.29. The van der Waals surface area contributed by atoms with E-state index in [9.17, 15) is 4.79 Å². The van der Waals surface area contributed by atoms with Crippen molar-refractivity contribution < 1.29 is 9.53 Å². The second-order valence-corrected chi connectivity index (χ2v) is 3.38. The number of carbonyl (C=O) groups is 1. The Hall–Kier alpha value is -1.35. The van der Waals surface area contributed by atoms with Gasteiger partial charge in [-0.2, -0.15) is 0 Å². The van der Waals surface area contributed by atoms with E-state index in [1.54, 1.807) is 0 Å².